The lowest BCUT2D eigenvalue weighted by atomic mass is 10.3. The molecule has 1 amide bonds. The Kier molecular flexibility index (Phi) is 5.58. The maximum Gasteiger partial charge on any atom is 0.243 e. The number of carbonyl (C=O) groups is 1. The molecule has 0 atom stereocenters. The number of nitrogens with zero attached hydrogens (tertiary/aromatic N) is 4. The van der Waals surface area contributed by atoms with Crippen molar-refractivity contribution in [3.63, 3.8) is 0 Å². The number of rotatable bonds is 6. The average Bonchev–Trinajstić information content (AvgIpc) is 3.20. The highest BCUT2D eigenvalue weighted by Crippen LogP contribution is 2.20. The molecule has 9 heteroatoms. The second kappa shape index (κ2) is 7.88. The van der Waals surface area contributed by atoms with Crippen molar-refractivity contribution < 1.29 is 17.9 Å². The van der Waals surface area contributed by atoms with E-state index >= 15 is 0 Å². The van der Waals surface area contributed by atoms with Gasteiger partial charge >= 0.3 is 0 Å². The van der Waals surface area contributed by atoms with Crippen LogP contribution in [0.4, 0.5) is 0 Å². The molecule has 1 aromatic carbocycles. The number of aryl methyl sites for hydroxylation is 1. The quantitative estimate of drug-likeness (QED) is 0.743. The Morgan fingerprint density at radius 3 is 2.42 bits per heavy atom. The standard InChI is InChI=1S/C17H22N4O4S/c1-25-15-2-4-16(5-3-15)26(23,24)21-12-10-20(11-13-21)17(22)6-8-19-9-7-18-14-19/h2-5,7,9,14H,6,8,10-13H2,1H3. The van der Waals surface area contributed by atoms with Crippen LogP contribution in [-0.2, 0) is 21.4 Å². The molecular formula is C17H22N4O4S. The molecular weight excluding hydrogens is 356 g/mol. The van der Waals surface area contributed by atoms with E-state index in [0.29, 0.717) is 44.9 Å². The van der Waals surface area contributed by atoms with Crippen molar-refractivity contribution in [2.45, 2.75) is 17.9 Å². The zero-order valence-electron chi connectivity index (χ0n) is 14.6. The molecule has 0 spiro atoms. The predicted molar refractivity (Wildman–Crippen MR) is 95.2 cm³/mol. The number of piperazine rings is 1. The summed E-state index contributed by atoms with van der Waals surface area (Å²) >= 11 is 0. The minimum Gasteiger partial charge on any atom is -0.497 e. The molecule has 26 heavy (non-hydrogen) atoms. The van der Waals surface area contributed by atoms with Crippen molar-refractivity contribution in [1.82, 2.24) is 18.8 Å². The van der Waals surface area contributed by atoms with Gasteiger partial charge in [0, 0.05) is 51.5 Å². The van der Waals surface area contributed by atoms with Crippen molar-refractivity contribution in [2.24, 2.45) is 0 Å². The van der Waals surface area contributed by atoms with Crippen LogP contribution in [0.15, 0.2) is 47.9 Å². The van der Waals surface area contributed by atoms with Crippen LogP contribution in [-0.4, -0.2) is 66.4 Å². The molecule has 2 aromatic rings. The summed E-state index contributed by atoms with van der Waals surface area (Å²) in [6.45, 7) is 1.97. The van der Waals surface area contributed by atoms with Crippen LogP contribution in [0.25, 0.3) is 0 Å². The lowest BCUT2D eigenvalue weighted by molar-refractivity contribution is -0.132. The highest BCUT2D eigenvalue weighted by Gasteiger charge is 2.29. The second-order valence-electron chi connectivity index (χ2n) is 6.01. The summed E-state index contributed by atoms with van der Waals surface area (Å²) in [7, 11) is -2.02. The molecule has 0 radical (unpaired) electrons. The number of ether oxygens (including phenoxy) is 1. The molecule has 0 saturated carbocycles. The maximum atomic E-state index is 12.7. The van der Waals surface area contributed by atoms with Crippen molar-refractivity contribution >= 4 is 15.9 Å². The van der Waals surface area contributed by atoms with Gasteiger partial charge in [-0.3, -0.25) is 4.79 Å². The fourth-order valence-electron chi connectivity index (χ4n) is 2.88. The second-order valence-corrected chi connectivity index (χ2v) is 7.95. The first-order valence-corrected chi connectivity index (χ1v) is 9.82. The van der Waals surface area contributed by atoms with Gasteiger partial charge in [0.15, 0.2) is 0 Å². The van der Waals surface area contributed by atoms with Crippen LogP contribution in [0.5, 0.6) is 5.75 Å². The van der Waals surface area contributed by atoms with E-state index in [1.807, 2.05) is 10.8 Å². The van der Waals surface area contributed by atoms with Crippen LogP contribution in [0, 0.1) is 0 Å². The molecule has 3 rings (SSSR count). The lowest BCUT2D eigenvalue weighted by Crippen LogP contribution is -2.50. The number of aromatic nitrogens is 2. The van der Waals surface area contributed by atoms with Gasteiger partial charge in [0.25, 0.3) is 0 Å². The minimum absolute atomic E-state index is 0.0280. The van der Waals surface area contributed by atoms with Crippen LogP contribution in [0.2, 0.25) is 0 Å². The first-order valence-electron chi connectivity index (χ1n) is 8.38. The average molecular weight is 378 g/mol. The summed E-state index contributed by atoms with van der Waals surface area (Å²) < 4.78 is 33.8. The molecule has 1 fully saturated rings. The molecule has 1 aliphatic rings. The van der Waals surface area contributed by atoms with Crippen molar-refractivity contribution in [1.29, 1.82) is 0 Å². The lowest BCUT2D eigenvalue weighted by Gasteiger charge is -2.34. The maximum absolute atomic E-state index is 12.7. The number of methoxy groups -OCH3 is 1. The number of sulfonamides is 1. The van der Waals surface area contributed by atoms with E-state index in [2.05, 4.69) is 4.98 Å². The van der Waals surface area contributed by atoms with Crippen molar-refractivity contribution in [3.8, 4) is 5.75 Å². The summed E-state index contributed by atoms with van der Waals surface area (Å²) in [4.78, 5) is 18.2. The van der Waals surface area contributed by atoms with Gasteiger partial charge in [0.1, 0.15) is 5.75 Å². The van der Waals surface area contributed by atoms with Gasteiger partial charge in [-0.25, -0.2) is 13.4 Å². The number of hydrogen-bond donors (Lipinski definition) is 0. The molecule has 1 aliphatic heterocycles. The summed E-state index contributed by atoms with van der Waals surface area (Å²) in [6, 6.07) is 6.33. The number of hydrogen-bond acceptors (Lipinski definition) is 5. The number of imidazole rings is 1. The van der Waals surface area contributed by atoms with Crippen LogP contribution < -0.4 is 4.74 Å². The molecule has 1 saturated heterocycles. The minimum atomic E-state index is -3.56. The van der Waals surface area contributed by atoms with E-state index in [-0.39, 0.29) is 10.8 Å². The van der Waals surface area contributed by atoms with E-state index in [4.69, 9.17) is 4.74 Å². The van der Waals surface area contributed by atoms with Crippen LogP contribution >= 0.6 is 0 Å². The molecule has 140 valence electrons. The molecule has 1 aromatic heterocycles. The first-order chi connectivity index (χ1) is 12.5. The zero-order valence-corrected chi connectivity index (χ0v) is 15.4. The Balaban J connectivity index is 1.55. The number of carbonyl (C=O) groups excluding carboxylic acids is 1. The molecule has 0 aliphatic carbocycles. The Morgan fingerprint density at radius 2 is 1.85 bits per heavy atom. The van der Waals surface area contributed by atoms with Crippen LogP contribution in [0.1, 0.15) is 6.42 Å². The number of amides is 1. The van der Waals surface area contributed by atoms with E-state index in [1.165, 1.54) is 23.5 Å². The van der Waals surface area contributed by atoms with Crippen molar-refractivity contribution in [2.75, 3.05) is 33.3 Å². The monoisotopic (exact) mass is 378 g/mol. The van der Waals surface area contributed by atoms with E-state index in [9.17, 15) is 13.2 Å². The third-order valence-electron chi connectivity index (χ3n) is 4.43. The van der Waals surface area contributed by atoms with Gasteiger partial charge < -0.3 is 14.2 Å². The Bertz CT molecular complexity index is 826. The molecule has 0 unspecified atom stereocenters. The fraction of sp³-hybridized carbons (Fsp3) is 0.412. The van der Waals surface area contributed by atoms with Gasteiger partial charge in [-0.15, -0.1) is 0 Å². The highest BCUT2D eigenvalue weighted by atomic mass is 32.2. The molecule has 2 heterocycles. The topological polar surface area (TPSA) is 84.7 Å². The Labute approximate surface area is 153 Å². The number of benzene rings is 1. The Morgan fingerprint density at radius 1 is 1.15 bits per heavy atom. The highest BCUT2D eigenvalue weighted by molar-refractivity contribution is 7.89. The first kappa shape index (κ1) is 18.4. The third-order valence-corrected chi connectivity index (χ3v) is 6.34. The predicted octanol–water partition coefficient (Wildman–Crippen LogP) is 0.815. The zero-order chi connectivity index (χ0) is 18.6. The van der Waals surface area contributed by atoms with E-state index < -0.39 is 10.0 Å². The van der Waals surface area contributed by atoms with Gasteiger partial charge in [-0.1, -0.05) is 0 Å². The normalized spacial score (nSPS) is 15.8. The smallest absolute Gasteiger partial charge is 0.243 e. The molecule has 0 N–H and O–H groups in total. The van der Waals surface area contributed by atoms with Gasteiger partial charge in [0.05, 0.1) is 18.3 Å². The van der Waals surface area contributed by atoms with E-state index in [0.717, 1.165) is 0 Å². The van der Waals surface area contributed by atoms with Crippen molar-refractivity contribution in [3.05, 3.63) is 43.0 Å². The Hall–Kier alpha value is -2.39. The molecule has 0 bridgehead atoms. The van der Waals surface area contributed by atoms with E-state index in [1.54, 1.807) is 29.6 Å². The summed E-state index contributed by atoms with van der Waals surface area (Å²) in [5.74, 6) is 0.637. The summed E-state index contributed by atoms with van der Waals surface area (Å²) in [5.41, 5.74) is 0. The molecule has 8 nitrogen and oxygen atoms in total. The summed E-state index contributed by atoms with van der Waals surface area (Å²) in [5, 5.41) is 0. The van der Waals surface area contributed by atoms with Gasteiger partial charge in [-0.2, -0.15) is 4.31 Å². The van der Waals surface area contributed by atoms with Crippen LogP contribution in [0.3, 0.4) is 0 Å². The largest absolute Gasteiger partial charge is 0.497 e. The fourth-order valence-corrected chi connectivity index (χ4v) is 4.30. The van der Waals surface area contributed by atoms with Gasteiger partial charge in [-0.05, 0) is 24.3 Å². The van der Waals surface area contributed by atoms with Gasteiger partial charge in [0.2, 0.25) is 15.9 Å². The SMILES string of the molecule is COc1ccc(S(=O)(=O)N2CCN(C(=O)CCn3ccnc3)CC2)cc1. The summed E-state index contributed by atoms with van der Waals surface area (Å²) in [6.07, 6.45) is 5.54. The third kappa shape index (κ3) is 4.05.